The van der Waals surface area contributed by atoms with Gasteiger partial charge in [0, 0.05) is 11.0 Å². The van der Waals surface area contributed by atoms with E-state index in [-0.39, 0.29) is 17.1 Å². The molecule has 0 aliphatic heterocycles. The Hall–Kier alpha value is -1.37. The molecule has 2 aromatic rings. The summed E-state index contributed by atoms with van der Waals surface area (Å²) >= 11 is 3.39. The van der Waals surface area contributed by atoms with E-state index in [1.54, 1.807) is 25.1 Å². The molecule has 0 saturated heterocycles. The van der Waals surface area contributed by atoms with Crippen LogP contribution >= 0.6 is 15.9 Å². The van der Waals surface area contributed by atoms with Crippen molar-refractivity contribution in [3.63, 3.8) is 0 Å². The van der Waals surface area contributed by atoms with E-state index in [0.717, 1.165) is 10.0 Å². The monoisotopic (exact) mass is 354 g/mol. The van der Waals surface area contributed by atoms with Gasteiger partial charge in [-0.3, -0.25) is 0 Å². The van der Waals surface area contributed by atoms with Gasteiger partial charge in [0.15, 0.2) is 0 Å². The number of hydrogen-bond donors (Lipinski definition) is 2. The summed E-state index contributed by atoms with van der Waals surface area (Å²) in [5.74, 6) is 0. The molecule has 3 N–H and O–H groups in total. The minimum Gasteiger partial charge on any atom is -0.398 e. The fraction of sp³-hybridized carbons (Fsp3) is 0.143. The Labute approximate surface area is 127 Å². The molecule has 0 atom stereocenters. The lowest BCUT2D eigenvalue weighted by atomic mass is 10.2. The third kappa shape index (κ3) is 3.20. The molecule has 0 unspecified atom stereocenters. The summed E-state index contributed by atoms with van der Waals surface area (Å²) in [6.07, 6.45) is 0. The molecule has 0 heterocycles. The van der Waals surface area contributed by atoms with Crippen LogP contribution in [-0.2, 0) is 16.6 Å². The maximum absolute atomic E-state index is 12.4. The van der Waals surface area contributed by atoms with E-state index >= 15 is 0 Å². The zero-order valence-electron chi connectivity index (χ0n) is 10.9. The number of benzene rings is 2. The average Bonchev–Trinajstić information content (AvgIpc) is 2.37. The molecule has 0 aliphatic carbocycles. The van der Waals surface area contributed by atoms with Gasteiger partial charge in [-0.25, -0.2) is 13.1 Å². The highest BCUT2D eigenvalue weighted by Gasteiger charge is 2.19. The second kappa shape index (κ2) is 5.95. The van der Waals surface area contributed by atoms with Gasteiger partial charge in [0.25, 0.3) is 0 Å². The molecule has 2 aromatic carbocycles. The zero-order chi connectivity index (χ0) is 14.8. The molecule has 106 valence electrons. The Morgan fingerprint density at radius 2 is 1.85 bits per heavy atom. The van der Waals surface area contributed by atoms with Crippen molar-refractivity contribution >= 4 is 31.6 Å². The zero-order valence-corrected chi connectivity index (χ0v) is 13.3. The Morgan fingerprint density at radius 1 is 1.15 bits per heavy atom. The second-order valence-electron chi connectivity index (χ2n) is 4.41. The van der Waals surface area contributed by atoms with E-state index in [1.807, 2.05) is 24.3 Å². The van der Waals surface area contributed by atoms with Crippen molar-refractivity contribution in [3.8, 4) is 0 Å². The lowest BCUT2D eigenvalue weighted by Crippen LogP contribution is -2.25. The van der Waals surface area contributed by atoms with E-state index in [1.165, 1.54) is 0 Å². The number of anilines is 1. The number of nitrogens with two attached hydrogens (primary N) is 1. The van der Waals surface area contributed by atoms with Crippen LogP contribution in [0.2, 0.25) is 0 Å². The molecular formula is C14H15BrN2O2S. The summed E-state index contributed by atoms with van der Waals surface area (Å²) in [6.45, 7) is 1.93. The predicted molar refractivity (Wildman–Crippen MR) is 83.8 cm³/mol. The van der Waals surface area contributed by atoms with Gasteiger partial charge in [-0.1, -0.05) is 46.3 Å². The van der Waals surface area contributed by atoms with Crippen molar-refractivity contribution < 1.29 is 8.42 Å². The summed E-state index contributed by atoms with van der Waals surface area (Å²) in [5, 5.41) is 0. The van der Waals surface area contributed by atoms with Crippen LogP contribution in [0.5, 0.6) is 0 Å². The van der Waals surface area contributed by atoms with Crippen molar-refractivity contribution in [2.45, 2.75) is 18.4 Å². The molecular weight excluding hydrogens is 340 g/mol. The first kappa shape index (κ1) is 15.0. The highest BCUT2D eigenvalue weighted by molar-refractivity contribution is 9.10. The van der Waals surface area contributed by atoms with E-state index in [0.29, 0.717) is 5.56 Å². The average molecular weight is 355 g/mol. The molecule has 0 radical (unpaired) electrons. The first-order valence-corrected chi connectivity index (χ1v) is 8.27. The highest BCUT2D eigenvalue weighted by atomic mass is 79.9. The van der Waals surface area contributed by atoms with Crippen LogP contribution in [0.3, 0.4) is 0 Å². The van der Waals surface area contributed by atoms with Gasteiger partial charge in [-0.05, 0) is 30.2 Å². The molecule has 4 nitrogen and oxygen atoms in total. The minimum absolute atomic E-state index is 0.145. The number of hydrogen-bond acceptors (Lipinski definition) is 3. The fourth-order valence-electron chi connectivity index (χ4n) is 1.93. The van der Waals surface area contributed by atoms with Crippen LogP contribution in [0.15, 0.2) is 51.8 Å². The topological polar surface area (TPSA) is 72.2 Å². The quantitative estimate of drug-likeness (QED) is 0.829. The van der Waals surface area contributed by atoms with Crippen molar-refractivity contribution in [1.29, 1.82) is 0 Å². The van der Waals surface area contributed by atoms with Gasteiger partial charge in [0.2, 0.25) is 10.0 Å². The van der Waals surface area contributed by atoms with Crippen LogP contribution < -0.4 is 10.5 Å². The first-order valence-electron chi connectivity index (χ1n) is 6.00. The Bertz CT molecular complexity index is 709. The molecule has 2 rings (SSSR count). The van der Waals surface area contributed by atoms with Gasteiger partial charge >= 0.3 is 0 Å². The SMILES string of the molecule is Cc1cccc(N)c1S(=O)(=O)NCc1ccccc1Br. The maximum atomic E-state index is 12.4. The van der Waals surface area contributed by atoms with E-state index in [4.69, 9.17) is 5.73 Å². The van der Waals surface area contributed by atoms with E-state index in [2.05, 4.69) is 20.7 Å². The molecule has 0 fully saturated rings. The first-order chi connectivity index (χ1) is 9.42. The Kier molecular flexibility index (Phi) is 4.47. The Balaban J connectivity index is 2.27. The summed E-state index contributed by atoms with van der Waals surface area (Å²) in [6, 6.07) is 12.5. The number of nitrogens with one attached hydrogen (secondary N) is 1. The van der Waals surface area contributed by atoms with E-state index < -0.39 is 10.0 Å². The predicted octanol–water partition coefficient (Wildman–Crippen LogP) is 2.82. The molecule has 0 amide bonds. The summed E-state index contributed by atoms with van der Waals surface area (Å²) in [4.78, 5) is 0.145. The molecule has 20 heavy (non-hydrogen) atoms. The van der Waals surface area contributed by atoms with Crippen LogP contribution in [-0.4, -0.2) is 8.42 Å². The van der Waals surface area contributed by atoms with Crippen molar-refractivity contribution in [1.82, 2.24) is 4.72 Å². The standard InChI is InChI=1S/C14H15BrN2O2S/c1-10-5-4-8-13(16)14(10)20(18,19)17-9-11-6-2-3-7-12(11)15/h2-8,17H,9,16H2,1H3. The van der Waals surface area contributed by atoms with Crippen molar-refractivity contribution in [3.05, 3.63) is 58.1 Å². The molecule has 0 bridgehead atoms. The molecule has 6 heteroatoms. The van der Waals surface area contributed by atoms with Crippen LogP contribution in [0.1, 0.15) is 11.1 Å². The van der Waals surface area contributed by atoms with Gasteiger partial charge in [-0.15, -0.1) is 0 Å². The third-order valence-corrected chi connectivity index (χ3v) is 5.31. The smallest absolute Gasteiger partial charge is 0.243 e. The van der Waals surface area contributed by atoms with Crippen LogP contribution in [0.25, 0.3) is 0 Å². The van der Waals surface area contributed by atoms with Gasteiger partial charge in [-0.2, -0.15) is 0 Å². The lowest BCUT2D eigenvalue weighted by molar-refractivity contribution is 0.581. The van der Waals surface area contributed by atoms with Crippen LogP contribution in [0, 0.1) is 6.92 Å². The normalized spacial score (nSPS) is 11.5. The van der Waals surface area contributed by atoms with Gasteiger partial charge in [0.05, 0.1) is 5.69 Å². The van der Waals surface area contributed by atoms with Crippen LogP contribution in [0.4, 0.5) is 5.69 Å². The second-order valence-corrected chi connectivity index (χ2v) is 6.97. The summed E-state index contributed by atoms with van der Waals surface area (Å²) < 4.78 is 28.1. The number of nitrogen functional groups attached to an aromatic ring is 1. The number of aryl methyl sites for hydroxylation is 1. The molecule has 0 saturated carbocycles. The molecule has 0 aliphatic rings. The molecule has 0 spiro atoms. The van der Waals surface area contributed by atoms with Gasteiger partial charge in [0.1, 0.15) is 4.90 Å². The highest BCUT2D eigenvalue weighted by Crippen LogP contribution is 2.23. The summed E-state index contributed by atoms with van der Waals surface area (Å²) in [5.41, 5.74) is 7.53. The number of halogens is 1. The molecule has 0 aromatic heterocycles. The van der Waals surface area contributed by atoms with Gasteiger partial charge < -0.3 is 5.73 Å². The Morgan fingerprint density at radius 3 is 2.50 bits per heavy atom. The fourth-order valence-corrected chi connectivity index (χ4v) is 3.71. The van der Waals surface area contributed by atoms with Crippen molar-refractivity contribution in [2.24, 2.45) is 0 Å². The number of rotatable bonds is 4. The van der Waals surface area contributed by atoms with E-state index in [9.17, 15) is 8.42 Å². The third-order valence-electron chi connectivity index (χ3n) is 2.92. The maximum Gasteiger partial charge on any atom is 0.243 e. The largest absolute Gasteiger partial charge is 0.398 e. The summed E-state index contributed by atoms with van der Waals surface area (Å²) in [7, 11) is -3.63. The van der Waals surface area contributed by atoms with Crippen molar-refractivity contribution in [2.75, 3.05) is 5.73 Å². The number of sulfonamides is 1. The minimum atomic E-state index is -3.63. The lowest BCUT2D eigenvalue weighted by Gasteiger charge is -2.12.